The fraction of sp³-hybridized carbons (Fsp3) is 0.500. The van der Waals surface area contributed by atoms with Gasteiger partial charge in [0.15, 0.2) is 0 Å². The Morgan fingerprint density at radius 2 is 2.50 bits per heavy atom. The van der Waals surface area contributed by atoms with Crippen molar-refractivity contribution >= 4 is 0 Å². The van der Waals surface area contributed by atoms with Crippen LogP contribution in [0.1, 0.15) is 12.8 Å². The zero-order chi connectivity index (χ0) is 6.97. The van der Waals surface area contributed by atoms with Crippen molar-refractivity contribution in [3.63, 3.8) is 0 Å². The van der Waals surface area contributed by atoms with E-state index in [4.69, 9.17) is 4.74 Å². The van der Waals surface area contributed by atoms with Crippen molar-refractivity contribution in [2.45, 2.75) is 18.9 Å². The van der Waals surface area contributed by atoms with Gasteiger partial charge in [-0.3, -0.25) is 0 Å². The van der Waals surface area contributed by atoms with Gasteiger partial charge in [-0.15, -0.1) is 0 Å². The van der Waals surface area contributed by atoms with E-state index in [-0.39, 0.29) is 6.10 Å². The molecule has 0 aromatic rings. The summed E-state index contributed by atoms with van der Waals surface area (Å²) in [6, 6.07) is 0. The first kappa shape index (κ1) is 5.98. The topological polar surface area (TPSA) is 29.5 Å². The van der Waals surface area contributed by atoms with Gasteiger partial charge in [0.05, 0.1) is 0 Å². The molecule has 1 aliphatic carbocycles. The van der Waals surface area contributed by atoms with Gasteiger partial charge in [0.1, 0.15) is 18.5 Å². The zero-order valence-corrected chi connectivity index (χ0v) is 5.71. The van der Waals surface area contributed by atoms with Gasteiger partial charge in [-0.25, -0.2) is 0 Å². The third kappa shape index (κ3) is 0.762. The molecule has 0 aromatic heterocycles. The van der Waals surface area contributed by atoms with Crippen LogP contribution in [0.15, 0.2) is 23.5 Å². The van der Waals surface area contributed by atoms with Crippen LogP contribution in [0.5, 0.6) is 0 Å². The Labute approximate surface area is 59.8 Å². The van der Waals surface area contributed by atoms with E-state index in [1.54, 1.807) is 0 Å². The highest BCUT2D eigenvalue weighted by Crippen LogP contribution is 2.28. The van der Waals surface area contributed by atoms with Crippen LogP contribution in [0.4, 0.5) is 0 Å². The molecule has 2 rings (SSSR count). The minimum absolute atomic E-state index is 0.333. The summed E-state index contributed by atoms with van der Waals surface area (Å²) in [5.41, 5.74) is 1.09. The van der Waals surface area contributed by atoms with E-state index in [9.17, 15) is 5.11 Å². The van der Waals surface area contributed by atoms with Crippen molar-refractivity contribution in [3.8, 4) is 0 Å². The summed E-state index contributed by atoms with van der Waals surface area (Å²) in [5.74, 6) is 0.902. The van der Waals surface area contributed by atoms with Crippen LogP contribution < -0.4 is 0 Å². The van der Waals surface area contributed by atoms with E-state index in [1.807, 2.05) is 6.08 Å². The van der Waals surface area contributed by atoms with Crippen molar-refractivity contribution in [1.29, 1.82) is 0 Å². The fourth-order valence-corrected chi connectivity index (χ4v) is 1.40. The van der Waals surface area contributed by atoms with Crippen molar-refractivity contribution < 1.29 is 9.84 Å². The Hall–Kier alpha value is -0.760. The molecule has 0 amide bonds. The lowest BCUT2D eigenvalue weighted by Gasteiger charge is -2.06. The van der Waals surface area contributed by atoms with Crippen LogP contribution in [-0.2, 0) is 4.74 Å². The van der Waals surface area contributed by atoms with Gasteiger partial charge in [0.25, 0.3) is 0 Å². The van der Waals surface area contributed by atoms with E-state index in [1.165, 1.54) is 0 Å². The predicted molar refractivity (Wildman–Crippen MR) is 37.4 cm³/mol. The summed E-state index contributed by atoms with van der Waals surface area (Å²) in [6.45, 7) is 0.453. The lowest BCUT2D eigenvalue weighted by Crippen LogP contribution is -2.09. The van der Waals surface area contributed by atoms with Gasteiger partial charge in [0, 0.05) is 5.57 Å². The monoisotopic (exact) mass is 138 g/mol. The standard InChI is InChI=1S/C8H10O2/c9-7-5-10-8-4-2-1-3-6(7)8/h2,4,7,9H,1,3,5H2. The molecule has 0 aromatic carbocycles. The molecule has 0 radical (unpaired) electrons. The van der Waals surface area contributed by atoms with Crippen LogP contribution in [0.2, 0.25) is 0 Å². The Bertz CT molecular complexity index is 203. The van der Waals surface area contributed by atoms with Gasteiger partial charge < -0.3 is 9.84 Å². The highest BCUT2D eigenvalue weighted by molar-refractivity contribution is 5.30. The van der Waals surface area contributed by atoms with Gasteiger partial charge >= 0.3 is 0 Å². The molecule has 0 saturated carbocycles. The SMILES string of the molecule is OC1COC2=C1CCC=C2. The molecule has 54 valence electrons. The van der Waals surface area contributed by atoms with Crippen LogP contribution in [0.25, 0.3) is 0 Å². The van der Waals surface area contributed by atoms with E-state index in [2.05, 4.69) is 6.08 Å². The summed E-state index contributed by atoms with van der Waals surface area (Å²) in [6.07, 6.45) is 5.71. The maximum atomic E-state index is 9.31. The molecule has 1 atom stereocenters. The van der Waals surface area contributed by atoms with Crippen molar-refractivity contribution in [2.24, 2.45) is 0 Å². The molecule has 0 saturated heterocycles. The molecule has 10 heavy (non-hydrogen) atoms. The van der Waals surface area contributed by atoms with Crippen molar-refractivity contribution in [1.82, 2.24) is 0 Å². The first-order valence-corrected chi connectivity index (χ1v) is 3.58. The molecule has 2 heteroatoms. The number of rotatable bonds is 0. The number of aliphatic hydroxyl groups excluding tert-OH is 1. The maximum Gasteiger partial charge on any atom is 0.121 e. The second-order valence-corrected chi connectivity index (χ2v) is 2.66. The van der Waals surface area contributed by atoms with E-state index < -0.39 is 0 Å². The third-order valence-corrected chi connectivity index (χ3v) is 1.96. The molecular weight excluding hydrogens is 128 g/mol. The summed E-state index contributed by atoms with van der Waals surface area (Å²) >= 11 is 0. The summed E-state index contributed by atoms with van der Waals surface area (Å²) < 4.78 is 5.21. The first-order valence-electron chi connectivity index (χ1n) is 3.58. The third-order valence-electron chi connectivity index (χ3n) is 1.96. The van der Waals surface area contributed by atoms with Gasteiger partial charge in [-0.05, 0) is 18.9 Å². The molecule has 0 spiro atoms. The average Bonchev–Trinajstić information content (AvgIpc) is 2.34. The fourth-order valence-electron chi connectivity index (χ4n) is 1.40. The van der Waals surface area contributed by atoms with E-state index in [0.717, 1.165) is 24.2 Å². The number of aliphatic hydroxyl groups is 1. The van der Waals surface area contributed by atoms with E-state index >= 15 is 0 Å². The first-order chi connectivity index (χ1) is 4.88. The normalized spacial score (nSPS) is 30.3. The Morgan fingerprint density at radius 1 is 1.60 bits per heavy atom. The van der Waals surface area contributed by atoms with Gasteiger partial charge in [-0.2, -0.15) is 0 Å². The number of allylic oxidation sites excluding steroid dienone is 2. The number of ether oxygens (including phenoxy) is 1. The summed E-state index contributed by atoms with van der Waals surface area (Å²) in [7, 11) is 0. The summed E-state index contributed by atoms with van der Waals surface area (Å²) in [4.78, 5) is 0. The zero-order valence-electron chi connectivity index (χ0n) is 5.71. The van der Waals surface area contributed by atoms with E-state index in [0.29, 0.717) is 6.61 Å². The molecule has 1 heterocycles. The lowest BCUT2D eigenvalue weighted by molar-refractivity contribution is 0.135. The molecule has 1 aliphatic heterocycles. The lowest BCUT2D eigenvalue weighted by atomic mass is 10.0. The highest BCUT2D eigenvalue weighted by Gasteiger charge is 2.24. The minimum atomic E-state index is -0.333. The Kier molecular flexibility index (Phi) is 1.27. The van der Waals surface area contributed by atoms with Crippen LogP contribution >= 0.6 is 0 Å². The van der Waals surface area contributed by atoms with Crippen LogP contribution in [0.3, 0.4) is 0 Å². The summed E-state index contributed by atoms with van der Waals surface area (Å²) in [5, 5.41) is 9.31. The molecule has 1 unspecified atom stereocenters. The molecule has 1 N–H and O–H groups in total. The molecule has 0 bridgehead atoms. The van der Waals surface area contributed by atoms with Crippen LogP contribution in [-0.4, -0.2) is 17.8 Å². The molecule has 2 aliphatic rings. The van der Waals surface area contributed by atoms with Crippen molar-refractivity contribution in [2.75, 3.05) is 6.61 Å². The molecular formula is C8H10O2. The molecule has 0 fully saturated rings. The highest BCUT2D eigenvalue weighted by atomic mass is 16.5. The average molecular weight is 138 g/mol. The quantitative estimate of drug-likeness (QED) is 0.540. The van der Waals surface area contributed by atoms with Crippen LogP contribution in [0, 0.1) is 0 Å². The van der Waals surface area contributed by atoms with Gasteiger partial charge in [0.2, 0.25) is 0 Å². The van der Waals surface area contributed by atoms with Gasteiger partial charge in [-0.1, -0.05) is 6.08 Å². The predicted octanol–water partition coefficient (Wildman–Crippen LogP) is 0.982. The minimum Gasteiger partial charge on any atom is -0.490 e. The number of hydrogen-bond acceptors (Lipinski definition) is 2. The second-order valence-electron chi connectivity index (χ2n) is 2.66. The Balaban J connectivity index is 2.29. The smallest absolute Gasteiger partial charge is 0.121 e. The van der Waals surface area contributed by atoms with Crippen molar-refractivity contribution in [3.05, 3.63) is 23.5 Å². The number of hydrogen-bond donors (Lipinski definition) is 1. The molecule has 2 nitrogen and oxygen atoms in total. The largest absolute Gasteiger partial charge is 0.490 e. The maximum absolute atomic E-state index is 9.31. The Morgan fingerprint density at radius 3 is 3.30 bits per heavy atom. The second kappa shape index (κ2) is 2.13.